The van der Waals surface area contributed by atoms with Crippen LogP contribution in [0.4, 0.5) is 0 Å². The number of likely N-dealkylation sites (N-methyl/N-ethyl adjacent to an activating group) is 1. The minimum atomic E-state index is -0.771. The van der Waals surface area contributed by atoms with Crippen LogP contribution in [0, 0.1) is 0 Å². The van der Waals surface area contributed by atoms with E-state index >= 15 is 0 Å². The summed E-state index contributed by atoms with van der Waals surface area (Å²) in [6.45, 7) is 16.9. The molecule has 0 saturated carbocycles. The van der Waals surface area contributed by atoms with E-state index < -0.39 is 11.5 Å². The first kappa shape index (κ1) is 18.4. The van der Waals surface area contributed by atoms with Crippen LogP contribution in [0.2, 0.25) is 0 Å². The van der Waals surface area contributed by atoms with E-state index in [0.717, 1.165) is 12.8 Å². The second kappa shape index (κ2) is 5.43. The Morgan fingerprint density at radius 3 is 1.58 bits per heavy atom. The molecule has 114 valence electrons. The number of nitrogens with zero attached hydrogens (tertiary/aromatic N) is 1. The monoisotopic (exact) mass is 272 g/mol. The van der Waals surface area contributed by atoms with Crippen molar-refractivity contribution in [1.29, 1.82) is 0 Å². The van der Waals surface area contributed by atoms with Gasteiger partial charge in [0.05, 0.1) is 18.1 Å². The first-order valence-corrected chi connectivity index (χ1v) is 7.36. The molecule has 0 aliphatic carbocycles. The summed E-state index contributed by atoms with van der Waals surface area (Å²) in [4.78, 5) is 12.1. The number of carboxylic acids is 1. The smallest absolute Gasteiger partial charge is 0.365 e. The van der Waals surface area contributed by atoms with E-state index in [4.69, 9.17) is 0 Å². The van der Waals surface area contributed by atoms with Gasteiger partial charge in [-0.05, 0) is 48.0 Å². The Hall–Kier alpha value is -0.570. The van der Waals surface area contributed by atoms with Crippen LogP contribution in [0.25, 0.3) is 0 Å². The molecule has 0 aliphatic heterocycles. The molecule has 0 aliphatic rings. The fraction of sp³-hybridized carbons (Fsp3) is 0.938. The number of carboxylic acid groups (broad SMARTS) is 1. The molecule has 3 nitrogen and oxygen atoms in total. The van der Waals surface area contributed by atoms with Gasteiger partial charge < -0.3 is 9.59 Å². The highest BCUT2D eigenvalue weighted by Gasteiger charge is 2.61. The Bertz CT molecular complexity index is 309. The number of unbranched alkanes of at least 4 members (excludes halogenated alkanes) is 1. The van der Waals surface area contributed by atoms with Crippen LogP contribution in [0.1, 0.15) is 74.7 Å². The quantitative estimate of drug-likeness (QED) is 0.766. The van der Waals surface area contributed by atoms with Gasteiger partial charge >= 0.3 is 5.97 Å². The second-order valence-electron chi connectivity index (χ2n) is 8.03. The van der Waals surface area contributed by atoms with Crippen LogP contribution >= 0.6 is 0 Å². The summed E-state index contributed by atoms with van der Waals surface area (Å²) in [5.74, 6) is -0.687. The molecule has 1 atom stereocenters. The zero-order valence-electron chi connectivity index (χ0n) is 14.4. The van der Waals surface area contributed by atoms with Crippen molar-refractivity contribution in [3.63, 3.8) is 0 Å². The number of hydrogen-bond donors (Lipinski definition) is 1. The SMILES string of the molecule is CCCC[C@](C)(C(=O)O)[N+](C)(C(C)(C)C)C(C)(C)C. The van der Waals surface area contributed by atoms with E-state index in [2.05, 4.69) is 55.5 Å². The number of rotatable bonds is 5. The number of carbonyl (C=O) groups is 1. The third kappa shape index (κ3) is 2.96. The summed E-state index contributed by atoms with van der Waals surface area (Å²) >= 11 is 0. The Balaban J connectivity index is 6.02. The zero-order valence-corrected chi connectivity index (χ0v) is 14.4. The van der Waals surface area contributed by atoms with Crippen molar-refractivity contribution in [3.8, 4) is 0 Å². The van der Waals surface area contributed by atoms with Gasteiger partial charge in [0.2, 0.25) is 0 Å². The van der Waals surface area contributed by atoms with Crippen LogP contribution in [0.5, 0.6) is 0 Å². The topological polar surface area (TPSA) is 37.3 Å². The highest BCUT2D eigenvalue weighted by molar-refractivity contribution is 5.76. The first-order valence-electron chi connectivity index (χ1n) is 7.36. The minimum Gasteiger partial charge on any atom is -0.477 e. The molecule has 0 unspecified atom stereocenters. The van der Waals surface area contributed by atoms with Crippen LogP contribution in [-0.2, 0) is 4.79 Å². The molecule has 0 amide bonds. The first-order chi connectivity index (χ1) is 8.25. The summed E-state index contributed by atoms with van der Waals surface area (Å²) < 4.78 is 0.516. The van der Waals surface area contributed by atoms with Crippen molar-refractivity contribution >= 4 is 5.97 Å². The van der Waals surface area contributed by atoms with Gasteiger partial charge in [0.25, 0.3) is 0 Å². The Kier molecular flexibility index (Phi) is 5.27. The maximum absolute atomic E-state index is 12.1. The maximum Gasteiger partial charge on any atom is 0.365 e. The van der Waals surface area contributed by atoms with Crippen LogP contribution < -0.4 is 0 Å². The number of aliphatic carboxylic acids is 1. The molecular formula is C16H34NO2+. The number of hydrogen-bond acceptors (Lipinski definition) is 1. The molecule has 0 aromatic carbocycles. The summed E-state index contributed by atoms with van der Waals surface area (Å²) in [5.41, 5.74) is -1.05. The van der Waals surface area contributed by atoms with Crippen molar-refractivity contribution in [3.05, 3.63) is 0 Å². The van der Waals surface area contributed by atoms with E-state index in [1.807, 2.05) is 6.92 Å². The van der Waals surface area contributed by atoms with Gasteiger partial charge in [-0.15, -0.1) is 0 Å². The Morgan fingerprint density at radius 1 is 1.00 bits per heavy atom. The van der Waals surface area contributed by atoms with E-state index in [0.29, 0.717) is 10.9 Å². The predicted octanol–water partition coefficient (Wildman–Crippen LogP) is 4.06. The van der Waals surface area contributed by atoms with Crippen molar-refractivity contribution in [2.45, 2.75) is 91.3 Å². The summed E-state index contributed by atoms with van der Waals surface area (Å²) in [5, 5.41) is 9.91. The molecule has 0 spiro atoms. The standard InChI is InChI=1S/C16H33NO2/c1-10-11-12-16(8,13(18)19)17(9,14(2,3)4)15(5,6)7/h10-12H2,1-9H3/p+1/t16-/m1/s1. The van der Waals surface area contributed by atoms with Crippen LogP contribution in [0.3, 0.4) is 0 Å². The lowest BCUT2D eigenvalue weighted by Gasteiger charge is -2.61. The molecule has 0 saturated heterocycles. The molecule has 0 fully saturated rings. The van der Waals surface area contributed by atoms with Crippen molar-refractivity contribution in [2.24, 2.45) is 0 Å². The molecule has 19 heavy (non-hydrogen) atoms. The highest BCUT2D eigenvalue weighted by Crippen LogP contribution is 2.44. The average molecular weight is 272 g/mol. The highest BCUT2D eigenvalue weighted by atomic mass is 16.4. The van der Waals surface area contributed by atoms with Gasteiger partial charge in [-0.3, -0.25) is 0 Å². The Morgan fingerprint density at radius 2 is 1.37 bits per heavy atom. The second-order valence-corrected chi connectivity index (χ2v) is 8.03. The van der Waals surface area contributed by atoms with Crippen molar-refractivity contribution < 1.29 is 14.4 Å². The molecule has 0 heterocycles. The third-order valence-electron chi connectivity index (χ3n) is 5.15. The fourth-order valence-electron chi connectivity index (χ4n) is 3.53. The number of quaternary nitrogens is 1. The lowest BCUT2D eigenvalue weighted by atomic mass is 9.78. The van der Waals surface area contributed by atoms with Crippen molar-refractivity contribution in [1.82, 2.24) is 0 Å². The van der Waals surface area contributed by atoms with Gasteiger partial charge in [-0.2, -0.15) is 0 Å². The normalized spacial score (nSPS) is 17.1. The van der Waals surface area contributed by atoms with Crippen LogP contribution in [-0.4, -0.2) is 39.2 Å². The molecule has 0 aromatic rings. The Labute approximate surface area is 119 Å². The van der Waals surface area contributed by atoms with Gasteiger partial charge in [-0.1, -0.05) is 13.3 Å². The predicted molar refractivity (Wildman–Crippen MR) is 81.3 cm³/mol. The molecule has 1 N–H and O–H groups in total. The molecule has 0 rings (SSSR count). The molecule has 3 heteroatoms. The summed E-state index contributed by atoms with van der Waals surface area (Å²) in [6.07, 6.45) is 2.68. The van der Waals surface area contributed by atoms with Crippen molar-refractivity contribution in [2.75, 3.05) is 7.05 Å². The van der Waals surface area contributed by atoms with E-state index in [1.165, 1.54) is 0 Å². The van der Waals surface area contributed by atoms with Gasteiger partial charge in [0.1, 0.15) is 0 Å². The summed E-state index contributed by atoms with van der Waals surface area (Å²) in [7, 11) is 2.10. The molecule has 0 bridgehead atoms. The minimum absolute atomic E-state index is 0.140. The van der Waals surface area contributed by atoms with Crippen LogP contribution in [0.15, 0.2) is 0 Å². The molecule has 0 radical (unpaired) electrons. The lowest BCUT2D eigenvalue weighted by molar-refractivity contribution is -1.03. The zero-order chi connectivity index (χ0) is 15.7. The fourth-order valence-corrected chi connectivity index (χ4v) is 3.53. The summed E-state index contributed by atoms with van der Waals surface area (Å²) in [6, 6.07) is 0. The largest absolute Gasteiger partial charge is 0.477 e. The van der Waals surface area contributed by atoms with E-state index in [9.17, 15) is 9.90 Å². The lowest BCUT2D eigenvalue weighted by Crippen LogP contribution is -2.78. The van der Waals surface area contributed by atoms with Gasteiger partial charge in [0, 0.05) is 13.3 Å². The van der Waals surface area contributed by atoms with E-state index in [-0.39, 0.29) is 11.1 Å². The van der Waals surface area contributed by atoms with Gasteiger partial charge in [0.15, 0.2) is 5.54 Å². The third-order valence-corrected chi connectivity index (χ3v) is 5.15. The molecule has 0 aromatic heterocycles. The van der Waals surface area contributed by atoms with E-state index in [1.54, 1.807) is 0 Å². The van der Waals surface area contributed by atoms with Gasteiger partial charge in [-0.25, -0.2) is 4.79 Å². The average Bonchev–Trinajstić information content (AvgIpc) is 2.21. The maximum atomic E-state index is 12.1. The molecular weight excluding hydrogens is 238 g/mol.